The summed E-state index contributed by atoms with van der Waals surface area (Å²) in [7, 11) is 0. The largest absolute Gasteiger partial charge is 0.477 e. The molecule has 0 saturated heterocycles. The van der Waals surface area contributed by atoms with Gasteiger partial charge in [0.15, 0.2) is 12.4 Å². The molecule has 2 rings (SSSR count). The summed E-state index contributed by atoms with van der Waals surface area (Å²) in [5.41, 5.74) is 0.574. The Bertz CT molecular complexity index is 747. The standard InChI is InChI=1S/C18H19FN2O4/c1-12(2)18(13-7-9-14(19)10-8-13)20-17(22)11-25-16-6-4-3-5-15(16)21(23)24/h3-10,12,18H,11H2,1-2H3,(H,20,22). The molecular formula is C18H19FN2O4. The van der Waals surface area contributed by atoms with E-state index in [-0.39, 0.29) is 35.8 Å². The number of nitrogens with one attached hydrogen (secondary N) is 1. The fourth-order valence-electron chi connectivity index (χ4n) is 2.39. The Morgan fingerprint density at radius 3 is 2.44 bits per heavy atom. The maximum atomic E-state index is 13.1. The van der Waals surface area contributed by atoms with Gasteiger partial charge >= 0.3 is 5.69 Å². The average Bonchev–Trinajstić information content (AvgIpc) is 2.58. The van der Waals surface area contributed by atoms with Gasteiger partial charge in [0.05, 0.1) is 11.0 Å². The number of para-hydroxylation sites is 2. The molecule has 2 aromatic rings. The number of halogens is 1. The van der Waals surface area contributed by atoms with Crippen molar-refractivity contribution in [3.05, 3.63) is 70.0 Å². The van der Waals surface area contributed by atoms with Crippen molar-refractivity contribution in [2.24, 2.45) is 5.92 Å². The summed E-state index contributed by atoms with van der Waals surface area (Å²) in [6, 6.07) is 11.4. The first-order valence-corrected chi connectivity index (χ1v) is 7.79. The SMILES string of the molecule is CC(C)C(NC(=O)COc1ccccc1[N+](=O)[O-])c1ccc(F)cc1. The molecule has 132 valence electrons. The van der Waals surface area contributed by atoms with Crippen LogP contribution in [0.5, 0.6) is 5.75 Å². The maximum Gasteiger partial charge on any atom is 0.310 e. The van der Waals surface area contributed by atoms with Gasteiger partial charge in [0.25, 0.3) is 5.91 Å². The van der Waals surface area contributed by atoms with Crippen LogP contribution in [0.15, 0.2) is 48.5 Å². The van der Waals surface area contributed by atoms with Crippen molar-refractivity contribution in [2.45, 2.75) is 19.9 Å². The van der Waals surface area contributed by atoms with Gasteiger partial charge in [0.2, 0.25) is 0 Å². The van der Waals surface area contributed by atoms with Crippen LogP contribution in [0, 0.1) is 21.8 Å². The van der Waals surface area contributed by atoms with E-state index in [1.54, 1.807) is 18.2 Å². The van der Waals surface area contributed by atoms with E-state index in [0.717, 1.165) is 5.56 Å². The van der Waals surface area contributed by atoms with E-state index in [0.29, 0.717) is 0 Å². The van der Waals surface area contributed by atoms with E-state index in [1.165, 1.54) is 30.3 Å². The van der Waals surface area contributed by atoms with E-state index >= 15 is 0 Å². The Kier molecular flexibility index (Phi) is 6.05. The highest BCUT2D eigenvalue weighted by molar-refractivity contribution is 5.78. The number of amides is 1. The number of carbonyl (C=O) groups excluding carboxylic acids is 1. The molecule has 1 atom stereocenters. The van der Waals surface area contributed by atoms with E-state index < -0.39 is 10.8 Å². The molecule has 7 heteroatoms. The van der Waals surface area contributed by atoms with Gasteiger partial charge in [0.1, 0.15) is 5.82 Å². The van der Waals surface area contributed by atoms with Gasteiger partial charge < -0.3 is 10.1 Å². The van der Waals surface area contributed by atoms with Crippen molar-refractivity contribution in [1.29, 1.82) is 0 Å². The molecule has 25 heavy (non-hydrogen) atoms. The highest BCUT2D eigenvalue weighted by Crippen LogP contribution is 2.26. The normalized spacial score (nSPS) is 11.8. The number of carbonyl (C=O) groups is 1. The lowest BCUT2D eigenvalue weighted by molar-refractivity contribution is -0.385. The highest BCUT2D eigenvalue weighted by atomic mass is 19.1. The number of ether oxygens (including phenoxy) is 1. The first-order valence-electron chi connectivity index (χ1n) is 7.79. The van der Waals surface area contributed by atoms with E-state index in [4.69, 9.17) is 4.74 Å². The molecule has 6 nitrogen and oxygen atoms in total. The van der Waals surface area contributed by atoms with E-state index in [9.17, 15) is 19.3 Å². The first-order chi connectivity index (χ1) is 11.9. The summed E-state index contributed by atoms with van der Waals surface area (Å²) in [5, 5.41) is 13.8. The Labute approximate surface area is 144 Å². The van der Waals surface area contributed by atoms with Crippen LogP contribution in [-0.4, -0.2) is 17.4 Å². The number of hydrogen-bond acceptors (Lipinski definition) is 4. The van der Waals surface area contributed by atoms with Crippen LogP contribution in [0.1, 0.15) is 25.5 Å². The van der Waals surface area contributed by atoms with Crippen LogP contribution in [0.2, 0.25) is 0 Å². The van der Waals surface area contributed by atoms with Crippen molar-refractivity contribution < 1.29 is 18.8 Å². The number of hydrogen-bond donors (Lipinski definition) is 1. The molecule has 0 radical (unpaired) electrons. The Morgan fingerprint density at radius 2 is 1.84 bits per heavy atom. The van der Waals surface area contributed by atoms with Gasteiger partial charge in [-0.15, -0.1) is 0 Å². The third-order valence-electron chi connectivity index (χ3n) is 3.63. The van der Waals surface area contributed by atoms with E-state index in [1.807, 2.05) is 13.8 Å². The van der Waals surface area contributed by atoms with Crippen molar-refractivity contribution in [1.82, 2.24) is 5.32 Å². The molecule has 0 aromatic heterocycles. The van der Waals surface area contributed by atoms with Crippen LogP contribution >= 0.6 is 0 Å². The maximum absolute atomic E-state index is 13.1. The van der Waals surface area contributed by atoms with Crippen LogP contribution in [-0.2, 0) is 4.79 Å². The fraction of sp³-hybridized carbons (Fsp3) is 0.278. The fourth-order valence-corrected chi connectivity index (χ4v) is 2.39. The zero-order valence-electron chi connectivity index (χ0n) is 13.9. The van der Waals surface area contributed by atoms with Crippen molar-refractivity contribution >= 4 is 11.6 Å². The lowest BCUT2D eigenvalue weighted by atomic mass is 9.96. The van der Waals surface area contributed by atoms with Gasteiger partial charge in [-0.25, -0.2) is 4.39 Å². The first kappa shape index (κ1) is 18.4. The Hall–Kier alpha value is -2.96. The number of rotatable bonds is 7. The van der Waals surface area contributed by atoms with Crippen LogP contribution in [0.4, 0.5) is 10.1 Å². The Morgan fingerprint density at radius 1 is 1.20 bits per heavy atom. The molecule has 0 heterocycles. The number of nitro groups is 1. The molecule has 0 saturated carbocycles. The van der Waals surface area contributed by atoms with Gasteiger partial charge in [-0.3, -0.25) is 14.9 Å². The minimum atomic E-state index is -0.567. The van der Waals surface area contributed by atoms with Gasteiger partial charge in [-0.2, -0.15) is 0 Å². The third-order valence-corrected chi connectivity index (χ3v) is 3.63. The van der Waals surface area contributed by atoms with Gasteiger partial charge in [0, 0.05) is 6.07 Å². The predicted molar refractivity (Wildman–Crippen MR) is 90.7 cm³/mol. The number of nitro benzene ring substituents is 1. The lowest BCUT2D eigenvalue weighted by Gasteiger charge is -2.23. The summed E-state index contributed by atoms with van der Waals surface area (Å²) in [5.74, 6) is -0.663. The summed E-state index contributed by atoms with van der Waals surface area (Å²) >= 11 is 0. The second-order valence-electron chi connectivity index (χ2n) is 5.85. The van der Waals surface area contributed by atoms with Crippen LogP contribution in [0.3, 0.4) is 0 Å². The molecule has 2 aromatic carbocycles. The van der Waals surface area contributed by atoms with Gasteiger partial charge in [-0.05, 0) is 29.7 Å². The van der Waals surface area contributed by atoms with Crippen molar-refractivity contribution in [3.63, 3.8) is 0 Å². The minimum Gasteiger partial charge on any atom is -0.477 e. The zero-order chi connectivity index (χ0) is 18.4. The molecular weight excluding hydrogens is 327 g/mol. The predicted octanol–water partition coefficient (Wildman–Crippen LogP) is 3.63. The molecule has 0 aliphatic carbocycles. The topological polar surface area (TPSA) is 81.5 Å². The van der Waals surface area contributed by atoms with Crippen molar-refractivity contribution in [3.8, 4) is 5.75 Å². The monoisotopic (exact) mass is 346 g/mol. The zero-order valence-corrected chi connectivity index (χ0v) is 13.9. The average molecular weight is 346 g/mol. The van der Waals surface area contributed by atoms with Crippen LogP contribution in [0.25, 0.3) is 0 Å². The Balaban J connectivity index is 2.03. The molecule has 1 amide bonds. The molecule has 1 N–H and O–H groups in total. The van der Waals surface area contributed by atoms with E-state index in [2.05, 4.69) is 5.32 Å². The van der Waals surface area contributed by atoms with Crippen molar-refractivity contribution in [2.75, 3.05) is 6.61 Å². The quantitative estimate of drug-likeness (QED) is 0.613. The minimum absolute atomic E-state index is 0.0329. The second-order valence-corrected chi connectivity index (χ2v) is 5.85. The molecule has 0 aliphatic rings. The summed E-state index contributed by atoms with van der Waals surface area (Å²) in [6.45, 7) is 3.50. The summed E-state index contributed by atoms with van der Waals surface area (Å²) in [4.78, 5) is 22.5. The molecule has 0 bridgehead atoms. The second kappa shape index (κ2) is 8.23. The smallest absolute Gasteiger partial charge is 0.310 e. The molecule has 0 spiro atoms. The summed E-state index contributed by atoms with van der Waals surface area (Å²) in [6.07, 6.45) is 0. The highest BCUT2D eigenvalue weighted by Gasteiger charge is 2.20. The van der Waals surface area contributed by atoms with Crippen LogP contribution < -0.4 is 10.1 Å². The van der Waals surface area contributed by atoms with Gasteiger partial charge in [-0.1, -0.05) is 38.1 Å². The lowest BCUT2D eigenvalue weighted by Crippen LogP contribution is -2.35. The molecule has 1 unspecified atom stereocenters. The third kappa shape index (κ3) is 5.00. The number of benzene rings is 2. The summed E-state index contributed by atoms with van der Waals surface area (Å²) < 4.78 is 18.3. The molecule has 0 fully saturated rings. The molecule has 0 aliphatic heterocycles. The number of nitrogens with zero attached hydrogens (tertiary/aromatic N) is 1.